The standard InChI is InChI=1S/C16H14FNO3S2/c17-12-3-6-14(7-4-12)23(20,21)15-10-18(11-15)16(19)8-5-13-2-1-9-22-13/h1-9,15H,10-11H2/b8-5+. The molecular formula is C16H14FNO3S2. The van der Waals surface area contributed by atoms with Gasteiger partial charge in [-0.2, -0.15) is 0 Å². The third-order valence-electron chi connectivity index (χ3n) is 3.67. The highest BCUT2D eigenvalue weighted by Gasteiger charge is 2.39. The Kier molecular flexibility index (Phi) is 4.32. The number of carbonyl (C=O) groups is 1. The normalized spacial score (nSPS) is 15.8. The van der Waals surface area contributed by atoms with Gasteiger partial charge in [0.2, 0.25) is 5.91 Å². The van der Waals surface area contributed by atoms with Crippen LogP contribution in [0.25, 0.3) is 6.08 Å². The lowest BCUT2D eigenvalue weighted by Gasteiger charge is -2.38. The molecule has 1 aromatic carbocycles. The van der Waals surface area contributed by atoms with Gasteiger partial charge in [0.15, 0.2) is 9.84 Å². The molecule has 0 saturated carbocycles. The zero-order chi connectivity index (χ0) is 16.4. The largest absolute Gasteiger partial charge is 0.336 e. The first-order chi connectivity index (χ1) is 11.0. The Morgan fingerprint density at radius 2 is 1.91 bits per heavy atom. The molecule has 0 N–H and O–H groups in total. The van der Waals surface area contributed by atoms with Gasteiger partial charge in [0.25, 0.3) is 0 Å². The van der Waals surface area contributed by atoms with Crippen LogP contribution in [0.1, 0.15) is 4.88 Å². The Morgan fingerprint density at radius 3 is 2.52 bits per heavy atom. The Labute approximate surface area is 137 Å². The number of hydrogen-bond acceptors (Lipinski definition) is 4. The van der Waals surface area contributed by atoms with Gasteiger partial charge in [-0.1, -0.05) is 6.07 Å². The molecule has 0 unspecified atom stereocenters. The number of amides is 1. The molecule has 1 aliphatic rings. The predicted octanol–water partition coefficient (Wildman–Crippen LogP) is 2.59. The third-order valence-corrected chi connectivity index (χ3v) is 6.62. The van der Waals surface area contributed by atoms with Crippen molar-refractivity contribution in [3.8, 4) is 0 Å². The minimum Gasteiger partial charge on any atom is -0.336 e. The molecule has 2 aromatic rings. The van der Waals surface area contributed by atoms with Crippen LogP contribution in [0.2, 0.25) is 0 Å². The number of carbonyl (C=O) groups excluding carboxylic acids is 1. The Bertz CT molecular complexity index is 821. The summed E-state index contributed by atoms with van der Waals surface area (Å²) >= 11 is 1.52. The molecule has 0 radical (unpaired) electrons. The zero-order valence-corrected chi connectivity index (χ0v) is 13.7. The van der Waals surface area contributed by atoms with E-state index in [1.165, 1.54) is 34.4 Å². The number of hydrogen-bond donors (Lipinski definition) is 0. The molecule has 0 bridgehead atoms. The summed E-state index contributed by atoms with van der Waals surface area (Å²) in [5.41, 5.74) is 0. The predicted molar refractivity (Wildman–Crippen MR) is 87.3 cm³/mol. The van der Waals surface area contributed by atoms with Crippen LogP contribution in [0.4, 0.5) is 4.39 Å². The summed E-state index contributed by atoms with van der Waals surface area (Å²) in [7, 11) is -3.53. The second-order valence-corrected chi connectivity index (χ2v) is 8.42. The number of thiophene rings is 1. The van der Waals surface area contributed by atoms with E-state index in [-0.39, 0.29) is 23.9 Å². The van der Waals surface area contributed by atoms with Crippen molar-refractivity contribution in [1.29, 1.82) is 0 Å². The van der Waals surface area contributed by atoms with Crippen molar-refractivity contribution in [3.63, 3.8) is 0 Å². The van der Waals surface area contributed by atoms with Crippen molar-refractivity contribution in [3.05, 3.63) is 58.5 Å². The molecule has 1 saturated heterocycles. The molecule has 1 aliphatic heterocycles. The smallest absolute Gasteiger partial charge is 0.246 e. The molecule has 0 spiro atoms. The maximum atomic E-state index is 12.9. The first-order valence-electron chi connectivity index (χ1n) is 6.97. The fourth-order valence-electron chi connectivity index (χ4n) is 2.28. The summed E-state index contributed by atoms with van der Waals surface area (Å²) in [4.78, 5) is 14.5. The van der Waals surface area contributed by atoms with Crippen LogP contribution in [0, 0.1) is 5.82 Å². The summed E-state index contributed by atoms with van der Waals surface area (Å²) in [6, 6.07) is 8.55. The van der Waals surface area contributed by atoms with Crippen molar-refractivity contribution in [2.45, 2.75) is 10.1 Å². The molecule has 0 aliphatic carbocycles. The van der Waals surface area contributed by atoms with E-state index in [0.717, 1.165) is 17.0 Å². The molecule has 1 aromatic heterocycles. The highest BCUT2D eigenvalue weighted by atomic mass is 32.2. The van der Waals surface area contributed by atoms with Gasteiger partial charge in [-0.3, -0.25) is 4.79 Å². The molecule has 1 amide bonds. The fraction of sp³-hybridized carbons (Fsp3) is 0.188. The summed E-state index contributed by atoms with van der Waals surface area (Å²) in [6.07, 6.45) is 3.17. The fourth-order valence-corrected chi connectivity index (χ4v) is 4.55. The Hall–Kier alpha value is -1.99. The lowest BCUT2D eigenvalue weighted by molar-refractivity contribution is -0.128. The Balaban J connectivity index is 1.62. The molecule has 7 heteroatoms. The number of benzene rings is 1. The van der Waals surface area contributed by atoms with E-state index in [9.17, 15) is 17.6 Å². The highest BCUT2D eigenvalue weighted by Crippen LogP contribution is 2.24. The van der Waals surface area contributed by atoms with E-state index < -0.39 is 20.9 Å². The molecule has 23 heavy (non-hydrogen) atoms. The van der Waals surface area contributed by atoms with E-state index in [4.69, 9.17) is 0 Å². The SMILES string of the molecule is O=C(/C=C/c1cccs1)N1CC(S(=O)(=O)c2ccc(F)cc2)C1. The highest BCUT2D eigenvalue weighted by molar-refractivity contribution is 7.92. The molecule has 2 heterocycles. The topological polar surface area (TPSA) is 54.5 Å². The second-order valence-electron chi connectivity index (χ2n) is 5.21. The van der Waals surface area contributed by atoms with E-state index in [0.29, 0.717) is 0 Å². The van der Waals surface area contributed by atoms with Crippen LogP contribution in [0.15, 0.2) is 52.7 Å². The van der Waals surface area contributed by atoms with E-state index in [2.05, 4.69) is 0 Å². The number of nitrogens with zero attached hydrogens (tertiary/aromatic N) is 1. The summed E-state index contributed by atoms with van der Waals surface area (Å²) in [5.74, 6) is -0.683. The average molecular weight is 351 g/mol. The van der Waals surface area contributed by atoms with E-state index in [1.807, 2.05) is 17.5 Å². The van der Waals surface area contributed by atoms with Gasteiger partial charge in [-0.05, 0) is 41.8 Å². The van der Waals surface area contributed by atoms with Crippen molar-refractivity contribution < 1.29 is 17.6 Å². The molecule has 1 fully saturated rings. The van der Waals surface area contributed by atoms with Crippen molar-refractivity contribution in [1.82, 2.24) is 4.90 Å². The van der Waals surface area contributed by atoms with Crippen LogP contribution >= 0.6 is 11.3 Å². The lowest BCUT2D eigenvalue weighted by atomic mass is 10.2. The molecule has 120 valence electrons. The van der Waals surface area contributed by atoms with E-state index >= 15 is 0 Å². The van der Waals surface area contributed by atoms with Gasteiger partial charge in [-0.25, -0.2) is 12.8 Å². The first-order valence-corrected chi connectivity index (χ1v) is 9.39. The monoisotopic (exact) mass is 351 g/mol. The van der Waals surface area contributed by atoms with Crippen LogP contribution in [0.3, 0.4) is 0 Å². The number of sulfone groups is 1. The molecule has 4 nitrogen and oxygen atoms in total. The van der Waals surface area contributed by atoms with Gasteiger partial charge in [-0.15, -0.1) is 11.3 Å². The van der Waals surface area contributed by atoms with Crippen LogP contribution in [0.5, 0.6) is 0 Å². The number of rotatable bonds is 4. The number of halogens is 1. The maximum absolute atomic E-state index is 12.9. The van der Waals surface area contributed by atoms with Crippen LogP contribution < -0.4 is 0 Å². The first kappa shape index (κ1) is 15.9. The van der Waals surface area contributed by atoms with Crippen molar-refractivity contribution in [2.24, 2.45) is 0 Å². The molecule has 0 atom stereocenters. The lowest BCUT2D eigenvalue weighted by Crippen LogP contribution is -2.56. The van der Waals surface area contributed by atoms with Gasteiger partial charge in [0.1, 0.15) is 11.1 Å². The summed E-state index contributed by atoms with van der Waals surface area (Å²) in [6.45, 7) is 0.320. The zero-order valence-electron chi connectivity index (χ0n) is 12.1. The quantitative estimate of drug-likeness (QED) is 0.628. The van der Waals surface area contributed by atoms with Gasteiger partial charge in [0.05, 0.1) is 4.90 Å². The Morgan fingerprint density at radius 1 is 1.22 bits per heavy atom. The van der Waals surface area contributed by atoms with Crippen LogP contribution in [-0.4, -0.2) is 37.6 Å². The summed E-state index contributed by atoms with van der Waals surface area (Å²) in [5, 5.41) is 1.28. The summed E-state index contributed by atoms with van der Waals surface area (Å²) < 4.78 is 37.6. The third kappa shape index (κ3) is 3.35. The van der Waals surface area contributed by atoms with Crippen molar-refractivity contribution >= 4 is 33.2 Å². The van der Waals surface area contributed by atoms with Crippen molar-refractivity contribution in [2.75, 3.05) is 13.1 Å². The second kappa shape index (κ2) is 6.25. The van der Waals surface area contributed by atoms with E-state index in [1.54, 1.807) is 6.08 Å². The minimum atomic E-state index is -3.53. The molecule has 3 rings (SSSR count). The number of likely N-dealkylation sites (tertiary alicyclic amines) is 1. The van der Waals surface area contributed by atoms with Gasteiger partial charge in [0, 0.05) is 24.0 Å². The minimum absolute atomic E-state index is 0.0881. The average Bonchev–Trinajstić information content (AvgIpc) is 2.97. The van der Waals surface area contributed by atoms with Gasteiger partial charge >= 0.3 is 0 Å². The van der Waals surface area contributed by atoms with Gasteiger partial charge < -0.3 is 4.90 Å². The maximum Gasteiger partial charge on any atom is 0.246 e. The van der Waals surface area contributed by atoms with Crippen LogP contribution in [-0.2, 0) is 14.6 Å². The molecular weight excluding hydrogens is 337 g/mol.